The first-order valence-corrected chi connectivity index (χ1v) is 10.1. The van der Waals surface area contributed by atoms with Crippen LogP contribution in [0.4, 0.5) is 0 Å². The van der Waals surface area contributed by atoms with Crippen molar-refractivity contribution in [3.05, 3.63) is 35.4 Å². The zero-order valence-corrected chi connectivity index (χ0v) is 17.7. The number of nitrogens with zero attached hydrogens (tertiary/aromatic N) is 1. The van der Waals surface area contributed by atoms with Crippen LogP contribution in [0.5, 0.6) is 0 Å². The van der Waals surface area contributed by atoms with E-state index in [4.69, 9.17) is 4.74 Å². The van der Waals surface area contributed by atoms with Crippen molar-refractivity contribution in [2.45, 2.75) is 62.4 Å². The van der Waals surface area contributed by atoms with Crippen LogP contribution in [0.15, 0.2) is 24.3 Å². The molecule has 0 aromatic heterocycles. The van der Waals surface area contributed by atoms with Crippen molar-refractivity contribution in [3.63, 3.8) is 0 Å². The Morgan fingerprint density at radius 1 is 1.17 bits per heavy atom. The summed E-state index contributed by atoms with van der Waals surface area (Å²) in [5.41, 5.74) is -0.426. The Labute approximate surface area is 173 Å². The lowest BCUT2D eigenvalue weighted by Crippen LogP contribution is -2.56. The van der Waals surface area contributed by atoms with Crippen molar-refractivity contribution in [1.29, 1.82) is 0 Å². The fraction of sp³-hybridized carbons (Fsp3) is 0.500. The summed E-state index contributed by atoms with van der Waals surface area (Å²) >= 11 is 1.20. The minimum absolute atomic E-state index is 0.211. The van der Waals surface area contributed by atoms with Gasteiger partial charge < -0.3 is 9.84 Å². The van der Waals surface area contributed by atoms with Crippen LogP contribution in [-0.4, -0.2) is 61.6 Å². The average molecular weight is 420 g/mol. The third-order valence-electron chi connectivity index (χ3n) is 4.74. The molecule has 0 saturated carbocycles. The van der Waals surface area contributed by atoms with Crippen LogP contribution in [0.25, 0.3) is 0 Å². The Balaban J connectivity index is 2.02. The summed E-state index contributed by atoms with van der Waals surface area (Å²) in [6.07, 6.45) is 0. The molecular formula is C20H24N2O6S. The lowest BCUT2D eigenvalue weighted by molar-refractivity contribution is -0.160. The van der Waals surface area contributed by atoms with Gasteiger partial charge in [0.1, 0.15) is 11.6 Å². The van der Waals surface area contributed by atoms with E-state index in [2.05, 4.69) is 5.32 Å². The van der Waals surface area contributed by atoms with Gasteiger partial charge in [-0.05, 0) is 46.8 Å². The second-order valence-electron chi connectivity index (χ2n) is 8.58. The van der Waals surface area contributed by atoms with Crippen LogP contribution in [0.2, 0.25) is 0 Å². The standard InChI is InChI=1S/C20H24N2O6S/c1-19(2,3)28-18(27)12(14-21-13(17(25)26)20(4,5)29-14)22-15(23)10-8-6-7-9-11(10)16(22)24/h6-9,12-14,21H,1-5H3,(H,25,26)/t12?,13-,14+/m1/s1. The Kier molecular flexibility index (Phi) is 5.25. The largest absolute Gasteiger partial charge is 0.480 e. The Bertz CT molecular complexity index is 856. The second kappa shape index (κ2) is 7.14. The van der Waals surface area contributed by atoms with E-state index in [1.165, 1.54) is 23.9 Å². The van der Waals surface area contributed by atoms with E-state index < -0.39 is 51.6 Å². The summed E-state index contributed by atoms with van der Waals surface area (Å²) in [6, 6.07) is 4.07. The molecule has 2 amide bonds. The van der Waals surface area contributed by atoms with Gasteiger partial charge >= 0.3 is 11.9 Å². The van der Waals surface area contributed by atoms with Crippen molar-refractivity contribution >= 4 is 35.5 Å². The lowest BCUT2D eigenvalue weighted by atomic mass is 10.0. The Hall–Kier alpha value is -2.39. The van der Waals surface area contributed by atoms with Gasteiger partial charge in [-0.1, -0.05) is 12.1 Å². The normalized spacial score (nSPS) is 24.4. The number of rotatable bonds is 4. The summed E-state index contributed by atoms with van der Waals surface area (Å²) in [5.74, 6) is -3.03. The molecule has 8 nitrogen and oxygen atoms in total. The third kappa shape index (κ3) is 3.89. The van der Waals surface area contributed by atoms with E-state index in [0.29, 0.717) is 0 Å². The van der Waals surface area contributed by atoms with Crippen molar-refractivity contribution in [2.75, 3.05) is 0 Å². The van der Waals surface area contributed by atoms with Gasteiger partial charge in [0.05, 0.1) is 16.5 Å². The molecule has 3 rings (SSSR count). The molecule has 0 bridgehead atoms. The Morgan fingerprint density at radius 3 is 2.10 bits per heavy atom. The number of carbonyl (C=O) groups is 4. The van der Waals surface area contributed by atoms with Crippen LogP contribution < -0.4 is 5.32 Å². The molecule has 2 aliphatic rings. The number of esters is 1. The number of imide groups is 1. The van der Waals surface area contributed by atoms with Gasteiger partial charge in [-0.3, -0.25) is 24.6 Å². The number of carboxylic acid groups (broad SMARTS) is 1. The number of carboxylic acids is 1. The van der Waals surface area contributed by atoms with Gasteiger partial charge in [0, 0.05) is 4.75 Å². The van der Waals surface area contributed by atoms with E-state index >= 15 is 0 Å². The number of thioether (sulfide) groups is 1. The Morgan fingerprint density at radius 2 is 1.69 bits per heavy atom. The highest BCUT2D eigenvalue weighted by molar-refractivity contribution is 8.01. The van der Waals surface area contributed by atoms with E-state index in [1.54, 1.807) is 46.8 Å². The maximum absolute atomic E-state index is 13.1. The summed E-state index contributed by atoms with van der Waals surface area (Å²) in [7, 11) is 0. The van der Waals surface area contributed by atoms with E-state index in [1.807, 2.05) is 0 Å². The number of hydrogen-bond acceptors (Lipinski definition) is 7. The molecule has 3 atom stereocenters. The van der Waals surface area contributed by atoms with Crippen LogP contribution in [0.3, 0.4) is 0 Å². The average Bonchev–Trinajstić information content (AvgIpc) is 3.03. The van der Waals surface area contributed by atoms with Crippen molar-refractivity contribution in [1.82, 2.24) is 10.2 Å². The zero-order valence-electron chi connectivity index (χ0n) is 16.9. The van der Waals surface area contributed by atoms with Crippen LogP contribution >= 0.6 is 11.8 Å². The molecule has 2 aliphatic heterocycles. The number of hydrogen-bond donors (Lipinski definition) is 2. The molecule has 0 spiro atoms. The first-order valence-electron chi connectivity index (χ1n) is 9.20. The predicted molar refractivity (Wildman–Crippen MR) is 107 cm³/mol. The molecule has 1 aromatic carbocycles. The molecule has 1 unspecified atom stereocenters. The van der Waals surface area contributed by atoms with Crippen molar-refractivity contribution in [2.24, 2.45) is 0 Å². The summed E-state index contributed by atoms with van der Waals surface area (Å²) < 4.78 is 4.73. The minimum Gasteiger partial charge on any atom is -0.480 e. The topological polar surface area (TPSA) is 113 Å². The number of ether oxygens (including phenoxy) is 1. The SMILES string of the molecule is CC(C)(C)OC(=O)C([C@H]1N[C@H](C(=O)O)C(C)(C)S1)N1C(=O)c2ccccc2C1=O. The van der Waals surface area contributed by atoms with Gasteiger partial charge in [0.15, 0.2) is 6.04 Å². The highest BCUT2D eigenvalue weighted by Gasteiger charge is 2.54. The smallest absolute Gasteiger partial charge is 0.332 e. The number of amides is 2. The highest BCUT2D eigenvalue weighted by atomic mass is 32.2. The maximum Gasteiger partial charge on any atom is 0.332 e. The van der Waals surface area contributed by atoms with Crippen LogP contribution in [0, 0.1) is 0 Å². The van der Waals surface area contributed by atoms with E-state index in [-0.39, 0.29) is 11.1 Å². The molecular weight excluding hydrogens is 396 g/mol. The number of fused-ring (bicyclic) bond motifs is 1. The molecule has 1 saturated heterocycles. The molecule has 29 heavy (non-hydrogen) atoms. The minimum atomic E-state index is -1.31. The maximum atomic E-state index is 13.1. The lowest BCUT2D eigenvalue weighted by Gasteiger charge is -2.32. The molecule has 0 radical (unpaired) electrons. The van der Waals surface area contributed by atoms with Gasteiger partial charge in [0.25, 0.3) is 11.8 Å². The van der Waals surface area contributed by atoms with Crippen LogP contribution in [-0.2, 0) is 14.3 Å². The quantitative estimate of drug-likeness (QED) is 0.561. The van der Waals surface area contributed by atoms with E-state index in [9.17, 15) is 24.3 Å². The predicted octanol–water partition coefficient (Wildman–Crippen LogP) is 1.89. The fourth-order valence-electron chi connectivity index (χ4n) is 3.51. The van der Waals surface area contributed by atoms with Crippen LogP contribution in [0.1, 0.15) is 55.3 Å². The van der Waals surface area contributed by atoms with Gasteiger partial charge in [-0.25, -0.2) is 4.79 Å². The second-order valence-corrected chi connectivity index (χ2v) is 10.4. The summed E-state index contributed by atoms with van der Waals surface area (Å²) in [5, 5.41) is 11.6. The van der Waals surface area contributed by atoms with Crippen molar-refractivity contribution in [3.8, 4) is 0 Å². The van der Waals surface area contributed by atoms with Gasteiger partial charge in [-0.2, -0.15) is 0 Å². The van der Waals surface area contributed by atoms with Gasteiger partial charge in [-0.15, -0.1) is 11.8 Å². The summed E-state index contributed by atoms with van der Waals surface area (Å²) in [4.78, 5) is 51.7. The molecule has 156 valence electrons. The monoisotopic (exact) mass is 420 g/mol. The molecule has 0 aliphatic carbocycles. The first-order chi connectivity index (χ1) is 13.3. The zero-order chi connectivity index (χ0) is 21.7. The molecule has 2 heterocycles. The van der Waals surface area contributed by atoms with E-state index in [0.717, 1.165) is 4.90 Å². The number of aliphatic carboxylic acids is 1. The molecule has 2 N–H and O–H groups in total. The molecule has 9 heteroatoms. The first kappa shape index (κ1) is 21.3. The number of benzene rings is 1. The number of nitrogens with one attached hydrogen (secondary N) is 1. The van der Waals surface area contributed by atoms with Crippen molar-refractivity contribution < 1.29 is 29.0 Å². The summed E-state index contributed by atoms with van der Waals surface area (Å²) in [6.45, 7) is 8.52. The molecule has 1 aromatic rings. The third-order valence-corrected chi connectivity index (χ3v) is 6.23. The number of carbonyl (C=O) groups excluding carboxylic acids is 3. The van der Waals surface area contributed by atoms with Gasteiger partial charge in [0.2, 0.25) is 0 Å². The molecule has 1 fully saturated rings. The fourth-order valence-corrected chi connectivity index (χ4v) is 5.03. The highest BCUT2D eigenvalue weighted by Crippen LogP contribution is 2.42.